The molecule has 2 aliphatic rings. The molecule has 0 unspecified atom stereocenters. The van der Waals surface area contributed by atoms with Crippen LogP contribution >= 0.6 is 0 Å². The second-order valence-electron chi connectivity index (χ2n) is 5.24. The van der Waals surface area contributed by atoms with Crippen molar-refractivity contribution in [2.75, 3.05) is 18.9 Å². The fourth-order valence-electron chi connectivity index (χ4n) is 3.04. The zero-order chi connectivity index (χ0) is 15.3. The molecule has 0 aliphatic carbocycles. The van der Waals surface area contributed by atoms with Crippen molar-refractivity contribution in [2.45, 2.75) is 24.0 Å². The highest BCUT2D eigenvalue weighted by atomic mass is 16.6. The van der Waals surface area contributed by atoms with E-state index >= 15 is 0 Å². The van der Waals surface area contributed by atoms with Crippen LogP contribution in [0.5, 0.6) is 0 Å². The van der Waals surface area contributed by atoms with E-state index in [4.69, 9.17) is 20.7 Å². The average molecular weight is 304 g/mol. The van der Waals surface area contributed by atoms with E-state index in [1.165, 1.54) is 12.7 Å². The Labute approximate surface area is 123 Å². The van der Waals surface area contributed by atoms with Crippen molar-refractivity contribution in [2.24, 2.45) is 5.11 Å². The number of aliphatic hydroxyl groups excluding tert-OH is 1. The van der Waals surface area contributed by atoms with Gasteiger partial charge in [-0.3, -0.25) is 4.57 Å². The Hall–Kier alpha value is -2.46. The molecule has 2 saturated heterocycles. The third-order valence-corrected chi connectivity index (χ3v) is 4.11. The largest absolute Gasteiger partial charge is 0.393 e. The monoisotopic (exact) mass is 304 g/mol. The Morgan fingerprint density at radius 2 is 2.41 bits per heavy atom. The van der Waals surface area contributed by atoms with Crippen molar-refractivity contribution in [3.63, 3.8) is 0 Å². The molecule has 2 aliphatic heterocycles. The van der Waals surface area contributed by atoms with Crippen molar-refractivity contribution in [3.8, 4) is 0 Å². The Bertz CT molecular complexity index is 787. The predicted octanol–water partition coefficient (Wildman–Crippen LogP) is -0.254. The number of nitrogen functional groups attached to an aromatic ring is 1. The van der Waals surface area contributed by atoms with E-state index < -0.39 is 24.0 Å². The zero-order valence-corrected chi connectivity index (χ0v) is 11.3. The van der Waals surface area contributed by atoms with Gasteiger partial charge in [-0.15, -0.1) is 0 Å². The molecule has 11 nitrogen and oxygen atoms in total. The molecule has 114 valence electrons. The summed E-state index contributed by atoms with van der Waals surface area (Å²) in [6.07, 6.45) is 1.70. The van der Waals surface area contributed by atoms with Crippen LogP contribution in [0.15, 0.2) is 17.8 Å². The van der Waals surface area contributed by atoms with E-state index in [0.29, 0.717) is 11.2 Å². The maximum absolute atomic E-state index is 9.65. The summed E-state index contributed by atoms with van der Waals surface area (Å²) in [7, 11) is 0. The van der Waals surface area contributed by atoms with Gasteiger partial charge in [0.2, 0.25) is 0 Å². The topological polar surface area (TPSA) is 157 Å². The number of azide groups is 1. The summed E-state index contributed by atoms with van der Waals surface area (Å²) in [6, 6.07) is -0.621. The van der Waals surface area contributed by atoms with Crippen LogP contribution in [0, 0.1) is 0 Å². The molecule has 4 rings (SSSR count). The van der Waals surface area contributed by atoms with Gasteiger partial charge in [0.25, 0.3) is 0 Å². The zero-order valence-electron chi connectivity index (χ0n) is 11.3. The van der Waals surface area contributed by atoms with Crippen LogP contribution in [0.3, 0.4) is 0 Å². The fourth-order valence-corrected chi connectivity index (χ4v) is 3.04. The molecule has 4 heterocycles. The molecule has 2 aromatic heterocycles. The molecule has 0 saturated carbocycles. The van der Waals surface area contributed by atoms with Gasteiger partial charge >= 0.3 is 0 Å². The molecule has 0 amide bonds. The number of hydrogen-bond donors (Lipinski definition) is 2. The molecule has 0 spiro atoms. The lowest BCUT2D eigenvalue weighted by Crippen LogP contribution is -2.43. The first-order valence-corrected chi connectivity index (χ1v) is 6.58. The number of fused-ring (bicyclic) bond motifs is 3. The van der Waals surface area contributed by atoms with Crippen LogP contribution in [-0.2, 0) is 9.47 Å². The minimum Gasteiger partial charge on any atom is -0.393 e. The third kappa shape index (κ3) is 1.56. The molecule has 11 heteroatoms. The van der Waals surface area contributed by atoms with Crippen molar-refractivity contribution >= 4 is 17.0 Å². The number of hydrogen-bond acceptors (Lipinski definition) is 8. The van der Waals surface area contributed by atoms with Crippen LogP contribution in [0.2, 0.25) is 0 Å². The number of rotatable bonds is 3. The van der Waals surface area contributed by atoms with E-state index in [1.54, 1.807) is 4.57 Å². The Kier molecular flexibility index (Phi) is 2.71. The van der Waals surface area contributed by atoms with Gasteiger partial charge in [-0.25, -0.2) is 15.0 Å². The normalized spacial score (nSPS) is 33.2. The lowest BCUT2D eigenvalue weighted by molar-refractivity contribution is -0.182. The highest BCUT2D eigenvalue weighted by Crippen LogP contribution is 2.47. The summed E-state index contributed by atoms with van der Waals surface area (Å²) >= 11 is 0. The third-order valence-electron chi connectivity index (χ3n) is 4.11. The molecule has 3 N–H and O–H groups in total. The van der Waals surface area contributed by atoms with E-state index in [9.17, 15) is 5.11 Å². The van der Waals surface area contributed by atoms with Crippen LogP contribution in [0.25, 0.3) is 21.6 Å². The van der Waals surface area contributed by atoms with Gasteiger partial charge in [-0.1, -0.05) is 5.11 Å². The van der Waals surface area contributed by atoms with Crippen molar-refractivity contribution in [1.82, 2.24) is 19.5 Å². The number of aromatic nitrogens is 4. The minimum atomic E-state index is -1.04. The highest BCUT2D eigenvalue weighted by Gasteiger charge is 2.61. The van der Waals surface area contributed by atoms with Crippen molar-refractivity contribution in [1.29, 1.82) is 0 Å². The van der Waals surface area contributed by atoms with Gasteiger partial charge in [-0.2, -0.15) is 0 Å². The fraction of sp³-hybridized carbons (Fsp3) is 0.545. The summed E-state index contributed by atoms with van der Waals surface area (Å²) in [5.74, 6) is 0.260. The molecule has 0 aromatic carbocycles. The Morgan fingerprint density at radius 3 is 3.18 bits per heavy atom. The van der Waals surface area contributed by atoms with E-state index in [2.05, 4.69) is 25.0 Å². The second-order valence-corrected chi connectivity index (χ2v) is 5.24. The van der Waals surface area contributed by atoms with Crippen molar-refractivity contribution < 1.29 is 14.6 Å². The molecule has 0 radical (unpaired) electrons. The number of ether oxygens (including phenoxy) is 2. The van der Waals surface area contributed by atoms with Gasteiger partial charge in [0.05, 0.1) is 19.5 Å². The minimum absolute atomic E-state index is 0.165. The number of imidazole rings is 1. The first kappa shape index (κ1) is 13.2. The maximum atomic E-state index is 9.65. The smallest absolute Gasteiger partial charge is 0.167 e. The molecule has 4 atom stereocenters. The molecule has 22 heavy (non-hydrogen) atoms. The quantitative estimate of drug-likeness (QED) is 0.449. The number of nitrogens with two attached hydrogens (primary N) is 1. The van der Waals surface area contributed by atoms with Crippen LogP contribution < -0.4 is 5.73 Å². The number of anilines is 1. The molecule has 2 aromatic rings. The lowest BCUT2D eigenvalue weighted by Gasteiger charge is -2.29. The van der Waals surface area contributed by atoms with Gasteiger partial charge < -0.3 is 20.3 Å². The lowest BCUT2D eigenvalue weighted by atomic mass is 9.98. The second kappa shape index (κ2) is 4.52. The van der Waals surface area contributed by atoms with Gasteiger partial charge in [0, 0.05) is 4.91 Å². The van der Waals surface area contributed by atoms with Crippen LogP contribution in [0.4, 0.5) is 5.82 Å². The molecule has 2 fully saturated rings. The summed E-state index contributed by atoms with van der Waals surface area (Å²) < 4.78 is 13.2. The first-order chi connectivity index (χ1) is 10.7. The number of aliphatic hydroxyl groups is 1. The standard InChI is InChI=1S/C11H12N8O3/c12-8-5-9(15-3-14-8)19(4-16-5)10-6-7(17-18-13)11(1-20,22-10)2-21-6/h3-4,6-7,10,20H,1-2H2,(H2,12,14,15)/t6-,7+,10-,11+/m1/s1. The summed E-state index contributed by atoms with van der Waals surface area (Å²) in [5.41, 5.74) is 14.4. The first-order valence-electron chi connectivity index (χ1n) is 6.58. The van der Waals surface area contributed by atoms with Gasteiger partial charge in [0.1, 0.15) is 29.6 Å². The average Bonchev–Trinajstić information content (AvgIpc) is 3.19. The number of nitrogens with zero attached hydrogens (tertiary/aromatic N) is 7. The molecular formula is C11H12N8O3. The van der Waals surface area contributed by atoms with Gasteiger partial charge in [0.15, 0.2) is 17.7 Å². The highest BCUT2D eigenvalue weighted by molar-refractivity contribution is 5.81. The summed E-state index contributed by atoms with van der Waals surface area (Å²) in [5, 5.41) is 13.4. The summed E-state index contributed by atoms with van der Waals surface area (Å²) in [6.45, 7) is -0.147. The van der Waals surface area contributed by atoms with Crippen LogP contribution in [0.1, 0.15) is 6.23 Å². The molecular weight excluding hydrogens is 292 g/mol. The van der Waals surface area contributed by atoms with E-state index in [0.717, 1.165) is 0 Å². The van der Waals surface area contributed by atoms with Crippen molar-refractivity contribution in [3.05, 3.63) is 23.1 Å². The van der Waals surface area contributed by atoms with E-state index in [1.807, 2.05) is 0 Å². The molecule has 2 bridgehead atoms. The Balaban J connectivity index is 1.81. The van der Waals surface area contributed by atoms with E-state index in [-0.39, 0.29) is 19.0 Å². The van der Waals surface area contributed by atoms with Gasteiger partial charge in [-0.05, 0) is 5.53 Å². The van der Waals surface area contributed by atoms with Crippen LogP contribution in [-0.4, -0.2) is 55.6 Å². The maximum Gasteiger partial charge on any atom is 0.167 e. The Morgan fingerprint density at radius 1 is 1.55 bits per heavy atom. The SMILES string of the molecule is [N-]=[N+]=N[C@H]1[C@H]2OC[C@]1(CO)O[C@H]2n1cnc2c(N)ncnc21. The summed E-state index contributed by atoms with van der Waals surface area (Å²) in [4.78, 5) is 15.0. The predicted molar refractivity (Wildman–Crippen MR) is 72.3 cm³/mol.